The van der Waals surface area contributed by atoms with Gasteiger partial charge in [0.1, 0.15) is 0 Å². The second-order valence-electron chi connectivity index (χ2n) is 6.67. The summed E-state index contributed by atoms with van der Waals surface area (Å²) in [4.78, 5) is 24.4. The number of anilines is 1. The number of hydrogen-bond acceptors (Lipinski definition) is 5. The van der Waals surface area contributed by atoms with Crippen LogP contribution in [0.3, 0.4) is 0 Å². The van der Waals surface area contributed by atoms with Crippen LogP contribution in [0.5, 0.6) is 5.75 Å². The number of nitrogens with two attached hydrogens (primary N) is 1. The highest BCUT2D eigenvalue weighted by atomic mass is 16.5. The van der Waals surface area contributed by atoms with Crippen LogP contribution in [0.4, 0.5) is 5.82 Å². The molecule has 0 saturated heterocycles. The number of carbonyl (C=O) groups excluding carboxylic acids is 1. The minimum absolute atomic E-state index is 0.431. The first kappa shape index (κ1) is 18.5. The fraction of sp³-hybridized carbons (Fsp3) is 0.136. The highest BCUT2D eigenvalue weighted by Gasteiger charge is 2.20. The Morgan fingerprint density at radius 2 is 1.97 bits per heavy atom. The first-order valence-electron chi connectivity index (χ1n) is 9.18. The first-order chi connectivity index (χ1) is 14.1. The van der Waals surface area contributed by atoms with Gasteiger partial charge < -0.3 is 20.8 Å². The summed E-state index contributed by atoms with van der Waals surface area (Å²) in [5, 5.41) is 4.03. The maximum atomic E-state index is 12.0. The third kappa shape index (κ3) is 3.50. The third-order valence-corrected chi connectivity index (χ3v) is 4.78. The van der Waals surface area contributed by atoms with Gasteiger partial charge in [-0.1, -0.05) is 36.4 Å². The minimum Gasteiger partial charge on any atom is -0.491 e. The molecule has 0 spiro atoms. The smallest absolute Gasteiger partial charge is 0.249 e. The van der Waals surface area contributed by atoms with Crippen molar-refractivity contribution >= 4 is 22.6 Å². The number of nitrogens with one attached hydrogen (secondary N) is 2. The highest BCUT2D eigenvalue weighted by Crippen LogP contribution is 2.34. The molecule has 2 aromatic heterocycles. The van der Waals surface area contributed by atoms with Crippen molar-refractivity contribution in [2.75, 3.05) is 12.4 Å². The van der Waals surface area contributed by atoms with Gasteiger partial charge in [-0.25, -0.2) is 9.97 Å². The van der Waals surface area contributed by atoms with Crippen LogP contribution >= 0.6 is 0 Å². The SMILES string of the molecule is COc1cnc(-c2c(C)[nH]c3cccc(C(N)=O)c23)nc1NCc1ccccc1. The van der Waals surface area contributed by atoms with Gasteiger partial charge in [0.15, 0.2) is 17.4 Å². The van der Waals surface area contributed by atoms with Crippen LogP contribution in [-0.4, -0.2) is 28.0 Å². The Morgan fingerprint density at radius 1 is 1.17 bits per heavy atom. The molecule has 4 aromatic rings. The molecule has 0 aliphatic rings. The summed E-state index contributed by atoms with van der Waals surface area (Å²) in [5.74, 6) is 1.11. The number of aryl methyl sites for hydroxylation is 1. The molecule has 7 heteroatoms. The van der Waals surface area contributed by atoms with Crippen LogP contribution in [0.2, 0.25) is 0 Å². The monoisotopic (exact) mass is 387 g/mol. The quantitative estimate of drug-likeness (QED) is 0.468. The van der Waals surface area contributed by atoms with E-state index in [1.165, 1.54) is 0 Å². The third-order valence-electron chi connectivity index (χ3n) is 4.78. The molecule has 4 rings (SSSR count). The molecular formula is C22H21N5O2. The van der Waals surface area contributed by atoms with Crippen molar-refractivity contribution in [3.63, 3.8) is 0 Å². The zero-order valence-corrected chi connectivity index (χ0v) is 16.2. The number of carbonyl (C=O) groups is 1. The van der Waals surface area contributed by atoms with Gasteiger partial charge in [0.2, 0.25) is 5.91 Å². The van der Waals surface area contributed by atoms with E-state index in [4.69, 9.17) is 15.5 Å². The number of methoxy groups -OCH3 is 1. The standard InChI is InChI=1S/C22H21N5O2/c1-13-18(19-15(20(23)28)9-6-10-16(19)26-13)22-25-12-17(29-2)21(27-22)24-11-14-7-4-3-5-8-14/h3-10,12,26H,11H2,1-2H3,(H2,23,28)(H,24,25,27). The number of rotatable bonds is 6. The summed E-state index contributed by atoms with van der Waals surface area (Å²) < 4.78 is 5.42. The second-order valence-corrected chi connectivity index (χ2v) is 6.67. The number of fused-ring (bicyclic) bond motifs is 1. The van der Waals surface area contributed by atoms with Crippen LogP contribution < -0.4 is 15.8 Å². The maximum Gasteiger partial charge on any atom is 0.249 e. The molecule has 0 unspecified atom stereocenters. The van der Waals surface area contributed by atoms with Gasteiger partial charge in [-0.2, -0.15) is 0 Å². The Hall–Kier alpha value is -3.87. The van der Waals surface area contributed by atoms with E-state index in [2.05, 4.69) is 15.3 Å². The lowest BCUT2D eigenvalue weighted by atomic mass is 10.0. The first-order valence-corrected chi connectivity index (χ1v) is 9.18. The largest absolute Gasteiger partial charge is 0.491 e. The highest BCUT2D eigenvalue weighted by molar-refractivity contribution is 6.11. The fourth-order valence-electron chi connectivity index (χ4n) is 3.41. The molecule has 2 heterocycles. The van der Waals surface area contributed by atoms with Crippen molar-refractivity contribution in [1.82, 2.24) is 15.0 Å². The Kier molecular flexibility index (Phi) is 4.87. The van der Waals surface area contributed by atoms with E-state index in [1.54, 1.807) is 25.4 Å². The van der Waals surface area contributed by atoms with Crippen molar-refractivity contribution < 1.29 is 9.53 Å². The molecule has 29 heavy (non-hydrogen) atoms. The van der Waals surface area contributed by atoms with Crippen molar-refractivity contribution in [3.05, 3.63) is 71.5 Å². The van der Waals surface area contributed by atoms with Crippen LogP contribution in [0.15, 0.2) is 54.7 Å². The van der Waals surface area contributed by atoms with E-state index in [9.17, 15) is 4.79 Å². The van der Waals surface area contributed by atoms with Crippen molar-refractivity contribution in [3.8, 4) is 17.1 Å². The van der Waals surface area contributed by atoms with Gasteiger partial charge >= 0.3 is 0 Å². The van der Waals surface area contributed by atoms with Gasteiger partial charge in [-0.05, 0) is 24.6 Å². The number of aromatic amines is 1. The molecule has 0 bridgehead atoms. The number of aromatic nitrogens is 3. The van der Waals surface area contributed by atoms with Gasteiger partial charge in [0.25, 0.3) is 0 Å². The summed E-state index contributed by atoms with van der Waals surface area (Å²) in [6.45, 7) is 2.51. The lowest BCUT2D eigenvalue weighted by Crippen LogP contribution is -2.11. The topological polar surface area (TPSA) is 106 Å². The predicted molar refractivity (Wildman–Crippen MR) is 113 cm³/mol. The van der Waals surface area contributed by atoms with Gasteiger partial charge in [0.05, 0.1) is 13.3 Å². The molecule has 1 amide bonds. The fourth-order valence-corrected chi connectivity index (χ4v) is 3.41. The summed E-state index contributed by atoms with van der Waals surface area (Å²) >= 11 is 0. The van der Waals surface area contributed by atoms with Crippen molar-refractivity contribution in [2.45, 2.75) is 13.5 Å². The van der Waals surface area contributed by atoms with Crippen molar-refractivity contribution in [2.24, 2.45) is 5.73 Å². The van der Waals surface area contributed by atoms with E-state index in [0.717, 1.165) is 27.7 Å². The van der Waals surface area contributed by atoms with E-state index in [1.807, 2.05) is 43.3 Å². The molecule has 0 radical (unpaired) electrons. The lowest BCUT2D eigenvalue weighted by molar-refractivity contribution is 0.100. The average Bonchev–Trinajstić information content (AvgIpc) is 3.08. The van der Waals surface area contributed by atoms with Gasteiger partial charge in [-0.3, -0.25) is 4.79 Å². The molecule has 4 N–H and O–H groups in total. The zero-order chi connectivity index (χ0) is 20.4. The lowest BCUT2D eigenvalue weighted by Gasteiger charge is -2.12. The Bertz CT molecular complexity index is 1180. The molecule has 0 fully saturated rings. The normalized spacial score (nSPS) is 10.8. The molecule has 0 saturated carbocycles. The van der Waals surface area contributed by atoms with E-state index in [0.29, 0.717) is 29.5 Å². The van der Waals surface area contributed by atoms with Crippen molar-refractivity contribution in [1.29, 1.82) is 0 Å². The number of H-pyrrole nitrogens is 1. The van der Waals surface area contributed by atoms with E-state index >= 15 is 0 Å². The van der Waals surface area contributed by atoms with Crippen LogP contribution in [-0.2, 0) is 6.54 Å². The van der Waals surface area contributed by atoms with Gasteiger partial charge in [-0.15, -0.1) is 0 Å². The van der Waals surface area contributed by atoms with Crippen LogP contribution in [0.25, 0.3) is 22.3 Å². The molecule has 0 aliphatic heterocycles. The molecule has 7 nitrogen and oxygen atoms in total. The zero-order valence-electron chi connectivity index (χ0n) is 16.2. The van der Waals surface area contributed by atoms with E-state index in [-0.39, 0.29) is 0 Å². The van der Waals surface area contributed by atoms with Gasteiger partial charge in [0, 0.05) is 34.3 Å². The Labute approximate surface area is 168 Å². The molecule has 2 aromatic carbocycles. The number of nitrogens with zero attached hydrogens (tertiary/aromatic N) is 2. The number of hydrogen-bond donors (Lipinski definition) is 3. The minimum atomic E-state index is -0.494. The van der Waals surface area contributed by atoms with E-state index < -0.39 is 5.91 Å². The molecular weight excluding hydrogens is 366 g/mol. The van der Waals surface area contributed by atoms with Crippen LogP contribution in [0.1, 0.15) is 21.6 Å². The summed E-state index contributed by atoms with van der Waals surface area (Å²) in [7, 11) is 1.58. The Balaban J connectivity index is 1.80. The predicted octanol–water partition coefficient (Wildman–Crippen LogP) is 3.65. The summed E-state index contributed by atoms with van der Waals surface area (Å²) in [5.41, 5.74) is 9.56. The summed E-state index contributed by atoms with van der Waals surface area (Å²) in [6, 6.07) is 15.4. The average molecular weight is 387 g/mol. The number of benzene rings is 2. The maximum absolute atomic E-state index is 12.0. The number of ether oxygens (including phenoxy) is 1. The van der Waals surface area contributed by atoms with Crippen LogP contribution in [0, 0.1) is 6.92 Å². The summed E-state index contributed by atoms with van der Waals surface area (Å²) in [6.07, 6.45) is 1.63. The second kappa shape index (κ2) is 7.63. The molecule has 0 aliphatic carbocycles. The number of primary amides is 1. The molecule has 0 atom stereocenters. The number of amides is 1. The Morgan fingerprint density at radius 3 is 2.69 bits per heavy atom. The molecule has 146 valence electrons.